The third-order valence-corrected chi connectivity index (χ3v) is 4.97. The largest absolute Gasteiger partial charge is 0.339 e. The predicted octanol–water partition coefficient (Wildman–Crippen LogP) is 4.00. The van der Waals surface area contributed by atoms with Crippen LogP contribution in [0.4, 0.5) is 0 Å². The summed E-state index contributed by atoms with van der Waals surface area (Å²) >= 11 is 12.2. The van der Waals surface area contributed by atoms with Crippen molar-refractivity contribution in [3.05, 3.63) is 0 Å². The van der Waals surface area contributed by atoms with Gasteiger partial charge in [-0.2, -0.15) is 0 Å². The number of rotatable bonds is 6. The number of carbonyl (C=O) groups excluding carboxylic acids is 1. The molecule has 1 saturated carbocycles. The number of unbranched alkanes of at least 4 members (excludes halogenated alkanes) is 1. The molecule has 0 N–H and O–H groups in total. The average molecular weight is 280 g/mol. The van der Waals surface area contributed by atoms with E-state index >= 15 is 0 Å². The molecule has 2 nitrogen and oxygen atoms in total. The first-order valence-corrected chi connectivity index (χ1v) is 7.24. The monoisotopic (exact) mass is 279 g/mol. The van der Waals surface area contributed by atoms with E-state index in [2.05, 4.69) is 20.8 Å². The van der Waals surface area contributed by atoms with Crippen molar-refractivity contribution in [1.82, 2.24) is 4.90 Å². The minimum Gasteiger partial charge on any atom is -0.339 e. The van der Waals surface area contributed by atoms with E-state index in [9.17, 15) is 4.79 Å². The van der Waals surface area contributed by atoms with Gasteiger partial charge in [0.15, 0.2) is 0 Å². The fourth-order valence-corrected chi connectivity index (χ4v) is 2.72. The SMILES string of the molecule is CCCCN(C(=O)C1(C)CC1(Cl)Cl)C(C)CC. The quantitative estimate of drug-likeness (QED) is 0.673. The summed E-state index contributed by atoms with van der Waals surface area (Å²) in [7, 11) is 0. The Morgan fingerprint density at radius 2 is 1.94 bits per heavy atom. The summed E-state index contributed by atoms with van der Waals surface area (Å²) in [5.41, 5.74) is -0.576. The maximum Gasteiger partial charge on any atom is 0.231 e. The van der Waals surface area contributed by atoms with Crippen LogP contribution >= 0.6 is 23.2 Å². The fourth-order valence-electron chi connectivity index (χ4n) is 2.02. The number of amides is 1. The normalized spacial score (nSPS) is 27.6. The summed E-state index contributed by atoms with van der Waals surface area (Å²) in [6, 6.07) is 0.260. The first-order chi connectivity index (χ1) is 7.80. The van der Waals surface area contributed by atoms with Crippen LogP contribution in [0.15, 0.2) is 0 Å². The van der Waals surface area contributed by atoms with E-state index in [0.717, 1.165) is 25.8 Å². The maximum absolute atomic E-state index is 12.5. The van der Waals surface area contributed by atoms with Gasteiger partial charge in [0.05, 0.1) is 5.41 Å². The molecule has 0 heterocycles. The second-order valence-electron chi connectivity index (χ2n) is 5.32. The van der Waals surface area contributed by atoms with Gasteiger partial charge in [-0.25, -0.2) is 0 Å². The highest BCUT2D eigenvalue weighted by Gasteiger charge is 2.68. The first kappa shape index (κ1) is 15.1. The van der Waals surface area contributed by atoms with Crippen molar-refractivity contribution in [3.8, 4) is 0 Å². The minimum atomic E-state index is -0.859. The Labute approximate surface area is 115 Å². The topological polar surface area (TPSA) is 20.3 Å². The van der Waals surface area contributed by atoms with Crippen LogP contribution in [-0.4, -0.2) is 27.7 Å². The molecule has 1 amide bonds. The Hall–Kier alpha value is 0.0500. The summed E-state index contributed by atoms with van der Waals surface area (Å²) in [6.45, 7) is 9.00. The summed E-state index contributed by atoms with van der Waals surface area (Å²) < 4.78 is -0.859. The van der Waals surface area contributed by atoms with Gasteiger partial charge in [-0.05, 0) is 33.1 Å². The maximum atomic E-state index is 12.5. The van der Waals surface area contributed by atoms with Gasteiger partial charge < -0.3 is 4.90 Å². The molecule has 0 radical (unpaired) electrons. The molecule has 0 aromatic rings. The molecule has 0 aromatic carbocycles. The molecule has 1 rings (SSSR count). The first-order valence-electron chi connectivity index (χ1n) is 6.49. The molecule has 0 aliphatic heterocycles. The zero-order chi connectivity index (χ0) is 13.3. The van der Waals surface area contributed by atoms with E-state index in [1.807, 2.05) is 11.8 Å². The lowest BCUT2D eigenvalue weighted by Gasteiger charge is -2.31. The van der Waals surface area contributed by atoms with Crippen molar-refractivity contribution < 1.29 is 4.79 Å². The van der Waals surface area contributed by atoms with E-state index in [-0.39, 0.29) is 11.9 Å². The molecule has 0 bridgehead atoms. The molecule has 0 aromatic heterocycles. The van der Waals surface area contributed by atoms with E-state index in [1.165, 1.54) is 0 Å². The summed E-state index contributed by atoms with van der Waals surface area (Å²) in [5.74, 6) is 0.116. The second-order valence-corrected chi connectivity index (χ2v) is 6.81. The molecule has 2 unspecified atom stereocenters. The van der Waals surface area contributed by atoms with Crippen molar-refractivity contribution in [2.45, 2.75) is 63.8 Å². The van der Waals surface area contributed by atoms with Gasteiger partial charge >= 0.3 is 0 Å². The van der Waals surface area contributed by atoms with Gasteiger partial charge in [0.1, 0.15) is 4.33 Å². The van der Waals surface area contributed by atoms with Crippen molar-refractivity contribution in [2.24, 2.45) is 5.41 Å². The number of nitrogens with zero attached hydrogens (tertiary/aromatic N) is 1. The van der Waals surface area contributed by atoms with Gasteiger partial charge in [0, 0.05) is 12.6 Å². The van der Waals surface area contributed by atoms with E-state index in [4.69, 9.17) is 23.2 Å². The molecule has 1 aliphatic carbocycles. The zero-order valence-corrected chi connectivity index (χ0v) is 12.7. The molecule has 4 heteroatoms. The highest BCUT2D eigenvalue weighted by Crippen LogP contribution is 2.64. The number of hydrogen-bond donors (Lipinski definition) is 0. The van der Waals surface area contributed by atoms with Crippen LogP contribution in [0, 0.1) is 5.41 Å². The summed E-state index contributed by atoms with van der Waals surface area (Å²) in [4.78, 5) is 14.5. The Kier molecular flexibility index (Phi) is 4.76. The van der Waals surface area contributed by atoms with Crippen LogP contribution in [0.3, 0.4) is 0 Å². The molecular formula is C13H23Cl2NO. The average Bonchev–Trinajstić information content (AvgIpc) is 2.79. The van der Waals surface area contributed by atoms with Crippen LogP contribution in [-0.2, 0) is 4.79 Å². The van der Waals surface area contributed by atoms with Crippen molar-refractivity contribution >= 4 is 29.1 Å². The third-order valence-electron chi connectivity index (χ3n) is 3.87. The Balaban J connectivity index is 2.74. The highest BCUT2D eigenvalue weighted by atomic mass is 35.5. The molecule has 1 aliphatic rings. The van der Waals surface area contributed by atoms with Crippen LogP contribution in [0.25, 0.3) is 0 Å². The van der Waals surface area contributed by atoms with E-state index in [0.29, 0.717) is 6.42 Å². The van der Waals surface area contributed by atoms with Gasteiger partial charge in [-0.1, -0.05) is 20.3 Å². The molecule has 0 spiro atoms. The number of halogens is 2. The minimum absolute atomic E-state index is 0.116. The Morgan fingerprint density at radius 3 is 2.29 bits per heavy atom. The van der Waals surface area contributed by atoms with Gasteiger partial charge in [-0.15, -0.1) is 23.2 Å². The highest BCUT2D eigenvalue weighted by molar-refractivity contribution is 6.53. The van der Waals surface area contributed by atoms with Crippen molar-refractivity contribution in [2.75, 3.05) is 6.54 Å². The van der Waals surface area contributed by atoms with Crippen LogP contribution in [0.1, 0.15) is 53.4 Å². The Bertz CT molecular complexity index is 293. The molecule has 17 heavy (non-hydrogen) atoms. The van der Waals surface area contributed by atoms with Gasteiger partial charge in [0.2, 0.25) is 5.91 Å². The van der Waals surface area contributed by atoms with Gasteiger partial charge in [0.25, 0.3) is 0 Å². The fraction of sp³-hybridized carbons (Fsp3) is 0.923. The third kappa shape index (κ3) is 2.90. The number of hydrogen-bond acceptors (Lipinski definition) is 1. The van der Waals surface area contributed by atoms with Gasteiger partial charge in [-0.3, -0.25) is 4.79 Å². The molecule has 1 fully saturated rings. The molecule has 0 saturated heterocycles. The molecule has 100 valence electrons. The number of alkyl halides is 2. The number of carbonyl (C=O) groups is 1. The van der Waals surface area contributed by atoms with Crippen molar-refractivity contribution in [3.63, 3.8) is 0 Å². The van der Waals surface area contributed by atoms with Crippen LogP contribution in [0.2, 0.25) is 0 Å². The standard InChI is InChI=1S/C13H23Cl2NO/c1-5-7-8-16(10(3)6-2)11(17)12(4)9-13(12,14)15/h10H,5-9H2,1-4H3. The lowest BCUT2D eigenvalue weighted by molar-refractivity contribution is -0.138. The smallest absolute Gasteiger partial charge is 0.231 e. The lowest BCUT2D eigenvalue weighted by Crippen LogP contribution is -2.44. The second kappa shape index (κ2) is 5.36. The van der Waals surface area contributed by atoms with E-state index in [1.54, 1.807) is 0 Å². The summed E-state index contributed by atoms with van der Waals surface area (Å²) in [5, 5.41) is 0. The van der Waals surface area contributed by atoms with Crippen LogP contribution < -0.4 is 0 Å². The Morgan fingerprint density at radius 1 is 1.41 bits per heavy atom. The molecular weight excluding hydrogens is 257 g/mol. The lowest BCUT2D eigenvalue weighted by atomic mass is 10.1. The van der Waals surface area contributed by atoms with Crippen molar-refractivity contribution in [1.29, 1.82) is 0 Å². The van der Waals surface area contributed by atoms with E-state index < -0.39 is 9.75 Å². The predicted molar refractivity (Wildman–Crippen MR) is 73.5 cm³/mol. The summed E-state index contributed by atoms with van der Waals surface area (Å²) in [6.07, 6.45) is 3.65. The van der Waals surface area contributed by atoms with Crippen LogP contribution in [0.5, 0.6) is 0 Å². The molecule has 2 atom stereocenters. The zero-order valence-electron chi connectivity index (χ0n) is 11.2.